The quantitative estimate of drug-likeness (QED) is 0.350. The van der Waals surface area contributed by atoms with Crippen molar-refractivity contribution in [3.8, 4) is 11.5 Å². The summed E-state index contributed by atoms with van der Waals surface area (Å²) in [6.07, 6.45) is 1.49. The Morgan fingerprint density at radius 3 is 2.63 bits per heavy atom. The molecule has 0 aliphatic rings. The Morgan fingerprint density at radius 2 is 2.07 bits per heavy atom. The van der Waals surface area contributed by atoms with Gasteiger partial charge in [0.05, 0.1) is 31.1 Å². The summed E-state index contributed by atoms with van der Waals surface area (Å²) < 4.78 is 10.2. The van der Waals surface area contributed by atoms with Crippen LogP contribution in [-0.2, 0) is 6.42 Å². The van der Waals surface area contributed by atoms with Crippen molar-refractivity contribution in [2.24, 2.45) is 5.10 Å². The monoisotopic (exact) mass is 377 g/mol. The zero-order valence-corrected chi connectivity index (χ0v) is 15.0. The SMILES string of the molecule is COc1cc(OC)c([N+](=O)[O-])cc1/C=N\Nc1nc(C)c(CCO)c(=O)[nH]1. The van der Waals surface area contributed by atoms with Gasteiger partial charge in [-0.25, -0.2) is 10.4 Å². The van der Waals surface area contributed by atoms with Gasteiger partial charge < -0.3 is 14.6 Å². The molecule has 0 amide bonds. The normalized spacial score (nSPS) is 10.8. The van der Waals surface area contributed by atoms with Crippen LogP contribution in [0.15, 0.2) is 22.0 Å². The summed E-state index contributed by atoms with van der Waals surface area (Å²) >= 11 is 0. The standard InChI is InChI=1S/C16H19N5O6/c1-9-11(4-5-22)15(23)19-16(18-9)20-17-8-10-6-12(21(24)25)14(27-3)7-13(10)26-2/h6-8,22H,4-5H2,1-3H3,(H2,18,19,20,23)/b17-8-. The highest BCUT2D eigenvalue weighted by molar-refractivity contribution is 5.86. The van der Waals surface area contributed by atoms with E-state index in [0.29, 0.717) is 22.6 Å². The van der Waals surface area contributed by atoms with Crippen molar-refractivity contribution < 1.29 is 19.5 Å². The molecule has 1 aromatic carbocycles. The molecule has 0 saturated heterocycles. The van der Waals surface area contributed by atoms with Crippen molar-refractivity contribution in [2.45, 2.75) is 13.3 Å². The maximum atomic E-state index is 12.0. The van der Waals surface area contributed by atoms with Crippen molar-refractivity contribution in [2.75, 3.05) is 26.3 Å². The lowest BCUT2D eigenvalue weighted by Gasteiger charge is -2.08. The molecule has 0 fully saturated rings. The van der Waals surface area contributed by atoms with Gasteiger partial charge in [-0.3, -0.25) is 19.9 Å². The van der Waals surface area contributed by atoms with Crippen molar-refractivity contribution >= 4 is 17.9 Å². The molecule has 0 atom stereocenters. The first-order chi connectivity index (χ1) is 12.9. The summed E-state index contributed by atoms with van der Waals surface area (Å²) in [6, 6.07) is 2.64. The molecule has 1 aromatic heterocycles. The van der Waals surface area contributed by atoms with Gasteiger partial charge in [0, 0.05) is 36.3 Å². The fourth-order valence-corrected chi connectivity index (χ4v) is 2.38. The Kier molecular flexibility index (Phi) is 6.44. The number of hydrazone groups is 1. The highest BCUT2D eigenvalue weighted by atomic mass is 16.6. The van der Waals surface area contributed by atoms with Gasteiger partial charge in [0.1, 0.15) is 5.75 Å². The summed E-state index contributed by atoms with van der Waals surface area (Å²) in [4.78, 5) is 29.2. The topological polar surface area (TPSA) is 152 Å². The molecule has 11 nitrogen and oxygen atoms in total. The predicted molar refractivity (Wildman–Crippen MR) is 97.8 cm³/mol. The van der Waals surface area contributed by atoms with E-state index in [0.717, 1.165) is 0 Å². The van der Waals surface area contributed by atoms with E-state index >= 15 is 0 Å². The highest BCUT2D eigenvalue weighted by Gasteiger charge is 2.18. The van der Waals surface area contributed by atoms with E-state index in [1.54, 1.807) is 6.92 Å². The maximum absolute atomic E-state index is 12.0. The highest BCUT2D eigenvalue weighted by Crippen LogP contribution is 2.33. The molecule has 0 radical (unpaired) electrons. The average molecular weight is 377 g/mol. The van der Waals surface area contributed by atoms with Gasteiger partial charge in [0.15, 0.2) is 0 Å². The molecule has 0 aliphatic heterocycles. The molecular formula is C16H19N5O6. The van der Waals surface area contributed by atoms with Crippen LogP contribution in [0.2, 0.25) is 0 Å². The molecule has 11 heteroatoms. The lowest BCUT2D eigenvalue weighted by Crippen LogP contribution is -2.19. The summed E-state index contributed by atoms with van der Waals surface area (Å²) in [5.74, 6) is 0.472. The number of rotatable bonds is 8. The van der Waals surface area contributed by atoms with Crippen LogP contribution >= 0.6 is 0 Å². The molecule has 1 heterocycles. The van der Waals surface area contributed by atoms with E-state index in [1.807, 2.05) is 0 Å². The number of hydrogen-bond donors (Lipinski definition) is 3. The second-order valence-electron chi connectivity index (χ2n) is 5.35. The lowest BCUT2D eigenvalue weighted by molar-refractivity contribution is -0.385. The van der Waals surface area contributed by atoms with E-state index < -0.39 is 4.92 Å². The molecule has 0 spiro atoms. The van der Waals surface area contributed by atoms with Gasteiger partial charge in [0.2, 0.25) is 11.7 Å². The van der Waals surface area contributed by atoms with Crippen LogP contribution in [0.4, 0.5) is 11.6 Å². The van der Waals surface area contributed by atoms with Crippen LogP contribution in [0.5, 0.6) is 11.5 Å². The average Bonchev–Trinajstić information content (AvgIpc) is 2.64. The van der Waals surface area contributed by atoms with E-state index in [1.165, 1.54) is 32.6 Å². The van der Waals surface area contributed by atoms with Crippen LogP contribution in [0.1, 0.15) is 16.8 Å². The maximum Gasteiger partial charge on any atom is 0.311 e. The zero-order valence-electron chi connectivity index (χ0n) is 15.0. The Labute approximate surface area is 153 Å². The Hall–Kier alpha value is -3.47. The molecule has 0 bridgehead atoms. The number of anilines is 1. The molecular weight excluding hydrogens is 358 g/mol. The molecule has 0 saturated carbocycles. The zero-order chi connectivity index (χ0) is 20.0. The van der Waals surface area contributed by atoms with E-state index in [9.17, 15) is 14.9 Å². The number of nitrogens with zero attached hydrogens (tertiary/aromatic N) is 3. The first-order valence-electron chi connectivity index (χ1n) is 7.81. The number of aromatic amines is 1. The van der Waals surface area contributed by atoms with Gasteiger partial charge in [-0.05, 0) is 6.92 Å². The number of hydrogen-bond acceptors (Lipinski definition) is 9. The van der Waals surface area contributed by atoms with Crippen LogP contribution < -0.4 is 20.5 Å². The Bertz CT molecular complexity index is 924. The predicted octanol–water partition coefficient (Wildman–Crippen LogP) is 0.985. The number of aryl methyl sites for hydroxylation is 1. The third-order valence-electron chi connectivity index (χ3n) is 3.69. The summed E-state index contributed by atoms with van der Waals surface area (Å²) in [5.41, 5.74) is 3.11. The largest absolute Gasteiger partial charge is 0.496 e. The van der Waals surface area contributed by atoms with Crippen LogP contribution in [0.25, 0.3) is 0 Å². The third kappa shape index (κ3) is 4.58. The van der Waals surface area contributed by atoms with Crippen LogP contribution in [0, 0.1) is 17.0 Å². The number of H-pyrrole nitrogens is 1. The van der Waals surface area contributed by atoms with E-state index in [4.69, 9.17) is 14.6 Å². The Morgan fingerprint density at radius 1 is 1.37 bits per heavy atom. The van der Waals surface area contributed by atoms with Crippen molar-refractivity contribution in [3.05, 3.63) is 49.4 Å². The van der Waals surface area contributed by atoms with Gasteiger partial charge in [-0.2, -0.15) is 5.10 Å². The summed E-state index contributed by atoms with van der Waals surface area (Å²) in [6.45, 7) is 1.48. The number of benzene rings is 1. The summed E-state index contributed by atoms with van der Waals surface area (Å²) in [7, 11) is 2.73. The molecule has 27 heavy (non-hydrogen) atoms. The second kappa shape index (κ2) is 8.76. The smallest absolute Gasteiger partial charge is 0.311 e. The van der Waals surface area contributed by atoms with Gasteiger partial charge in [-0.1, -0.05) is 0 Å². The molecule has 144 valence electrons. The number of nitro groups is 1. The first-order valence-corrected chi connectivity index (χ1v) is 7.81. The van der Waals surface area contributed by atoms with Gasteiger partial charge >= 0.3 is 5.69 Å². The van der Waals surface area contributed by atoms with Crippen molar-refractivity contribution in [3.63, 3.8) is 0 Å². The molecule has 0 unspecified atom stereocenters. The minimum Gasteiger partial charge on any atom is -0.496 e. The van der Waals surface area contributed by atoms with Crippen molar-refractivity contribution in [1.82, 2.24) is 9.97 Å². The number of aromatic nitrogens is 2. The number of ether oxygens (including phenoxy) is 2. The third-order valence-corrected chi connectivity index (χ3v) is 3.69. The molecule has 0 aliphatic carbocycles. The minimum absolute atomic E-state index is 0.0584. The molecule has 2 rings (SSSR count). The number of aliphatic hydroxyl groups excluding tert-OH is 1. The number of nitrogens with one attached hydrogen (secondary N) is 2. The van der Waals surface area contributed by atoms with Crippen molar-refractivity contribution in [1.29, 1.82) is 0 Å². The molecule has 2 aromatic rings. The van der Waals surface area contributed by atoms with E-state index in [2.05, 4.69) is 20.5 Å². The number of methoxy groups -OCH3 is 2. The van der Waals surface area contributed by atoms with Gasteiger partial charge in [-0.15, -0.1) is 0 Å². The Balaban J connectivity index is 2.29. The number of nitro benzene ring substituents is 1. The van der Waals surface area contributed by atoms with Crippen LogP contribution in [0.3, 0.4) is 0 Å². The fourth-order valence-electron chi connectivity index (χ4n) is 2.38. The number of aliphatic hydroxyl groups is 1. The fraction of sp³-hybridized carbons (Fsp3) is 0.312. The van der Waals surface area contributed by atoms with Crippen LogP contribution in [-0.4, -0.2) is 47.0 Å². The second-order valence-corrected chi connectivity index (χ2v) is 5.35. The lowest BCUT2D eigenvalue weighted by atomic mass is 10.1. The summed E-state index contributed by atoms with van der Waals surface area (Å²) in [5, 5.41) is 24.0. The first kappa shape index (κ1) is 19.8. The minimum atomic E-state index is -0.578. The van der Waals surface area contributed by atoms with Gasteiger partial charge in [0.25, 0.3) is 5.56 Å². The molecule has 3 N–H and O–H groups in total. The van der Waals surface area contributed by atoms with E-state index in [-0.39, 0.29) is 36.0 Å².